The summed E-state index contributed by atoms with van der Waals surface area (Å²) in [6.07, 6.45) is 0. The zero-order chi connectivity index (χ0) is 8.48. The number of hydrogen-bond acceptors (Lipinski definition) is 2. The second kappa shape index (κ2) is 3.11. The highest BCUT2D eigenvalue weighted by Crippen LogP contribution is 2.12. The molecule has 1 N–H and O–H groups in total. The van der Waals surface area contributed by atoms with Crippen LogP contribution in [0.5, 0.6) is 0 Å². The molecule has 66 valence electrons. The Bertz CT molecular complexity index is 120. The predicted octanol–water partition coefficient (Wildman–Crippen LogP) is 0.936. The molecule has 2 heteroatoms. The molecule has 0 aromatic carbocycles. The van der Waals surface area contributed by atoms with E-state index in [1.54, 1.807) is 0 Å². The van der Waals surface area contributed by atoms with Crippen LogP contribution in [0.2, 0.25) is 0 Å². The number of rotatable bonds is 2. The highest BCUT2D eigenvalue weighted by Gasteiger charge is 2.23. The first-order valence-electron chi connectivity index (χ1n) is 4.41. The van der Waals surface area contributed by atoms with Crippen molar-refractivity contribution in [1.29, 1.82) is 0 Å². The molecular formula is C9H20N2. The Hall–Kier alpha value is -0.0800. The number of hydrogen-bond donors (Lipinski definition) is 1. The van der Waals surface area contributed by atoms with Crippen LogP contribution < -0.4 is 5.32 Å². The van der Waals surface area contributed by atoms with Crippen LogP contribution in [-0.4, -0.2) is 37.1 Å². The minimum Gasteiger partial charge on any atom is -0.312 e. The predicted molar refractivity (Wildman–Crippen MR) is 48.7 cm³/mol. The molecule has 0 atom stereocenters. The summed E-state index contributed by atoms with van der Waals surface area (Å²) in [6.45, 7) is 10.4. The molecule has 2 nitrogen and oxygen atoms in total. The van der Waals surface area contributed by atoms with Crippen LogP contribution in [0.1, 0.15) is 20.8 Å². The molecule has 0 spiro atoms. The van der Waals surface area contributed by atoms with Gasteiger partial charge in [-0.05, 0) is 33.7 Å². The minimum absolute atomic E-state index is 0.286. The fourth-order valence-electron chi connectivity index (χ4n) is 1.41. The molecule has 0 aromatic rings. The summed E-state index contributed by atoms with van der Waals surface area (Å²) in [7, 11) is 2.17. The lowest BCUT2D eigenvalue weighted by Crippen LogP contribution is -2.51. The lowest BCUT2D eigenvalue weighted by atomic mass is 9.99. The molecule has 0 radical (unpaired) electrons. The molecule has 0 bridgehead atoms. The van der Waals surface area contributed by atoms with Gasteiger partial charge in [0, 0.05) is 25.2 Å². The maximum absolute atomic E-state index is 3.52. The van der Waals surface area contributed by atoms with Crippen molar-refractivity contribution in [1.82, 2.24) is 10.2 Å². The largest absolute Gasteiger partial charge is 0.312 e. The Kier molecular flexibility index (Phi) is 2.55. The first-order chi connectivity index (χ1) is 4.97. The molecular weight excluding hydrogens is 136 g/mol. The van der Waals surface area contributed by atoms with Crippen LogP contribution in [-0.2, 0) is 0 Å². The first kappa shape index (κ1) is 9.01. The fraction of sp³-hybridized carbons (Fsp3) is 1.00. The van der Waals surface area contributed by atoms with E-state index in [0.29, 0.717) is 0 Å². The van der Waals surface area contributed by atoms with Gasteiger partial charge in [0.1, 0.15) is 0 Å². The van der Waals surface area contributed by atoms with E-state index < -0.39 is 0 Å². The van der Waals surface area contributed by atoms with Crippen molar-refractivity contribution >= 4 is 0 Å². The molecule has 1 fully saturated rings. The quantitative estimate of drug-likeness (QED) is 0.640. The van der Waals surface area contributed by atoms with E-state index in [2.05, 4.69) is 38.0 Å². The Balaban J connectivity index is 2.05. The van der Waals surface area contributed by atoms with Gasteiger partial charge in [-0.25, -0.2) is 0 Å². The molecule has 1 rings (SSSR count). The van der Waals surface area contributed by atoms with Gasteiger partial charge >= 0.3 is 0 Å². The number of nitrogens with zero attached hydrogens (tertiary/aromatic N) is 1. The van der Waals surface area contributed by atoms with Crippen LogP contribution in [0.15, 0.2) is 0 Å². The summed E-state index contributed by atoms with van der Waals surface area (Å²) in [6, 6.07) is 0. The van der Waals surface area contributed by atoms with E-state index in [1.165, 1.54) is 19.6 Å². The van der Waals surface area contributed by atoms with E-state index in [-0.39, 0.29) is 5.54 Å². The molecule has 0 amide bonds. The summed E-state index contributed by atoms with van der Waals surface area (Å²) in [5.74, 6) is 0.888. The van der Waals surface area contributed by atoms with E-state index in [0.717, 1.165) is 5.92 Å². The van der Waals surface area contributed by atoms with E-state index in [9.17, 15) is 0 Å². The molecule has 1 aliphatic rings. The van der Waals surface area contributed by atoms with Crippen LogP contribution in [0.3, 0.4) is 0 Å². The third-order valence-corrected chi connectivity index (χ3v) is 2.06. The Morgan fingerprint density at radius 1 is 1.36 bits per heavy atom. The van der Waals surface area contributed by atoms with Gasteiger partial charge in [0.2, 0.25) is 0 Å². The van der Waals surface area contributed by atoms with Gasteiger partial charge in [0.05, 0.1) is 0 Å². The minimum atomic E-state index is 0.286. The van der Waals surface area contributed by atoms with Crippen LogP contribution in [0.25, 0.3) is 0 Å². The summed E-state index contributed by atoms with van der Waals surface area (Å²) in [5, 5.41) is 3.52. The summed E-state index contributed by atoms with van der Waals surface area (Å²) >= 11 is 0. The maximum Gasteiger partial charge on any atom is 0.00966 e. The normalized spacial score (nSPS) is 21.8. The molecule has 0 aliphatic carbocycles. The highest BCUT2D eigenvalue weighted by atomic mass is 15.2. The second-order valence-corrected chi connectivity index (χ2v) is 4.72. The number of nitrogens with one attached hydrogen (secondary N) is 1. The molecule has 0 saturated carbocycles. The van der Waals surface area contributed by atoms with Crippen LogP contribution >= 0.6 is 0 Å². The van der Waals surface area contributed by atoms with Crippen molar-refractivity contribution < 1.29 is 0 Å². The summed E-state index contributed by atoms with van der Waals surface area (Å²) in [4.78, 5) is 2.36. The average molecular weight is 156 g/mol. The van der Waals surface area contributed by atoms with Gasteiger partial charge in [0.15, 0.2) is 0 Å². The van der Waals surface area contributed by atoms with Crippen molar-refractivity contribution in [2.75, 3.05) is 26.7 Å². The summed E-state index contributed by atoms with van der Waals surface area (Å²) in [5.41, 5.74) is 0.286. The van der Waals surface area contributed by atoms with Gasteiger partial charge in [-0.2, -0.15) is 0 Å². The van der Waals surface area contributed by atoms with Gasteiger partial charge in [-0.15, -0.1) is 0 Å². The third kappa shape index (κ3) is 3.21. The van der Waals surface area contributed by atoms with E-state index >= 15 is 0 Å². The molecule has 0 unspecified atom stereocenters. The summed E-state index contributed by atoms with van der Waals surface area (Å²) < 4.78 is 0. The molecule has 1 heterocycles. The van der Waals surface area contributed by atoms with Gasteiger partial charge < -0.3 is 10.2 Å². The smallest absolute Gasteiger partial charge is 0.00966 e. The standard InChI is InChI=1S/C9H20N2/c1-9(2,3)10-5-8-6-11(4)7-8/h8,10H,5-7H2,1-4H3. The SMILES string of the molecule is CN1CC(CNC(C)(C)C)C1. The molecule has 1 saturated heterocycles. The molecule has 11 heavy (non-hydrogen) atoms. The third-order valence-electron chi connectivity index (χ3n) is 2.06. The van der Waals surface area contributed by atoms with Crippen molar-refractivity contribution in [3.8, 4) is 0 Å². The van der Waals surface area contributed by atoms with E-state index in [4.69, 9.17) is 0 Å². The monoisotopic (exact) mass is 156 g/mol. The maximum atomic E-state index is 3.52. The molecule has 1 aliphatic heterocycles. The average Bonchev–Trinajstić information content (AvgIpc) is 1.75. The zero-order valence-electron chi connectivity index (χ0n) is 8.15. The second-order valence-electron chi connectivity index (χ2n) is 4.72. The Morgan fingerprint density at radius 2 is 1.91 bits per heavy atom. The Labute approximate surface area is 70.0 Å². The first-order valence-corrected chi connectivity index (χ1v) is 4.41. The van der Waals surface area contributed by atoms with E-state index in [1.807, 2.05) is 0 Å². The van der Waals surface area contributed by atoms with Gasteiger partial charge in [-0.3, -0.25) is 0 Å². The van der Waals surface area contributed by atoms with Crippen molar-refractivity contribution in [2.24, 2.45) is 5.92 Å². The number of likely N-dealkylation sites (tertiary alicyclic amines) is 1. The van der Waals surface area contributed by atoms with Crippen molar-refractivity contribution in [3.05, 3.63) is 0 Å². The Morgan fingerprint density at radius 3 is 2.27 bits per heavy atom. The zero-order valence-corrected chi connectivity index (χ0v) is 8.15. The lowest BCUT2D eigenvalue weighted by molar-refractivity contribution is 0.126. The lowest BCUT2D eigenvalue weighted by Gasteiger charge is -2.38. The van der Waals surface area contributed by atoms with Crippen LogP contribution in [0.4, 0.5) is 0 Å². The van der Waals surface area contributed by atoms with Gasteiger partial charge in [-0.1, -0.05) is 0 Å². The van der Waals surface area contributed by atoms with Crippen molar-refractivity contribution in [3.63, 3.8) is 0 Å². The highest BCUT2D eigenvalue weighted by molar-refractivity contribution is 4.81. The fourth-order valence-corrected chi connectivity index (χ4v) is 1.41. The topological polar surface area (TPSA) is 15.3 Å². The van der Waals surface area contributed by atoms with Gasteiger partial charge in [0.25, 0.3) is 0 Å². The van der Waals surface area contributed by atoms with Crippen LogP contribution in [0, 0.1) is 5.92 Å². The van der Waals surface area contributed by atoms with Crippen molar-refractivity contribution in [2.45, 2.75) is 26.3 Å². The molecule has 0 aromatic heterocycles.